The molecule has 5 nitrogen and oxygen atoms in total. The number of hydrogen-bond acceptors (Lipinski definition) is 4. The Bertz CT molecular complexity index is 463. The summed E-state index contributed by atoms with van der Waals surface area (Å²) in [4.78, 5) is 13.3. The molecule has 0 spiro atoms. The molecule has 0 unspecified atom stereocenters. The highest BCUT2D eigenvalue weighted by Gasteiger charge is 2.04. The maximum Gasteiger partial charge on any atom is 0.240 e. The minimum atomic E-state index is -0.191. The maximum atomic E-state index is 11.3. The summed E-state index contributed by atoms with van der Waals surface area (Å²) in [5, 5.41) is 13.8. The molecule has 1 amide bonds. The highest BCUT2D eigenvalue weighted by molar-refractivity contribution is 5.81. The Hall–Kier alpha value is -2.22. The molecule has 0 aliphatic carbocycles. The number of nitrogens with one attached hydrogen (secondary N) is 2. The third-order valence-electron chi connectivity index (χ3n) is 2.51. The summed E-state index contributed by atoms with van der Waals surface area (Å²) in [5.74, 6) is -0.191. The van der Waals surface area contributed by atoms with E-state index in [-0.39, 0.29) is 19.0 Å². The van der Waals surface area contributed by atoms with Crippen molar-refractivity contribution in [3.63, 3.8) is 0 Å². The maximum absolute atomic E-state index is 11.3. The van der Waals surface area contributed by atoms with Crippen molar-refractivity contribution in [1.29, 1.82) is 5.26 Å². The molecule has 0 atom stereocenters. The fourth-order valence-corrected chi connectivity index (χ4v) is 1.58. The molecule has 2 N–H and O–H groups in total. The van der Waals surface area contributed by atoms with E-state index in [0.717, 1.165) is 11.4 Å². The topological polar surface area (TPSA) is 68.2 Å². The third kappa shape index (κ3) is 3.98. The molecule has 1 aromatic carbocycles. The molecule has 0 radical (unpaired) electrons. The first-order chi connectivity index (χ1) is 8.54. The first-order valence-electron chi connectivity index (χ1n) is 5.70. The largest absolute Gasteiger partial charge is 0.377 e. The molecule has 1 rings (SSSR count). The Morgan fingerprint density at radius 3 is 2.78 bits per heavy atom. The number of aryl methyl sites for hydroxylation is 1. The fourth-order valence-electron chi connectivity index (χ4n) is 1.58. The number of amides is 1. The molecule has 0 bridgehead atoms. The zero-order valence-corrected chi connectivity index (χ0v) is 10.9. The van der Waals surface area contributed by atoms with E-state index in [1.807, 2.05) is 50.2 Å². The van der Waals surface area contributed by atoms with Crippen LogP contribution in [-0.4, -0.2) is 33.1 Å². The molecule has 0 saturated carbocycles. The van der Waals surface area contributed by atoms with Crippen molar-refractivity contribution >= 4 is 17.3 Å². The van der Waals surface area contributed by atoms with Gasteiger partial charge < -0.3 is 15.5 Å². The first-order valence-corrected chi connectivity index (χ1v) is 5.70. The highest BCUT2D eigenvalue weighted by atomic mass is 16.1. The predicted octanol–water partition coefficient (Wildman–Crippen LogP) is 1.11. The van der Waals surface area contributed by atoms with Crippen LogP contribution in [0.3, 0.4) is 0 Å². The van der Waals surface area contributed by atoms with E-state index in [1.165, 1.54) is 5.56 Å². The summed E-state index contributed by atoms with van der Waals surface area (Å²) in [6.45, 7) is 2.24. The summed E-state index contributed by atoms with van der Waals surface area (Å²) in [5.41, 5.74) is 3.17. The Morgan fingerprint density at radius 1 is 1.44 bits per heavy atom. The van der Waals surface area contributed by atoms with Gasteiger partial charge in [0.1, 0.15) is 6.54 Å². The lowest BCUT2D eigenvalue weighted by atomic mass is 10.1. The van der Waals surface area contributed by atoms with Gasteiger partial charge in [0.2, 0.25) is 5.91 Å². The van der Waals surface area contributed by atoms with Crippen LogP contribution in [0.25, 0.3) is 0 Å². The molecule has 0 aromatic heterocycles. The lowest BCUT2D eigenvalue weighted by Crippen LogP contribution is -2.30. The number of rotatable bonds is 5. The number of benzene rings is 1. The van der Waals surface area contributed by atoms with Crippen molar-refractivity contribution < 1.29 is 4.79 Å². The normalized spacial score (nSPS) is 9.44. The standard InChI is InChI=1S/C13H18N4O/c1-10-4-5-11(8-12(10)17(2)3)16-9-13(18)15-7-6-14/h4-5,8,16H,7,9H2,1-3H3,(H,15,18). The van der Waals surface area contributed by atoms with Crippen LogP contribution in [0.1, 0.15) is 5.56 Å². The van der Waals surface area contributed by atoms with E-state index in [4.69, 9.17) is 5.26 Å². The molecule has 18 heavy (non-hydrogen) atoms. The summed E-state index contributed by atoms with van der Waals surface area (Å²) in [6.07, 6.45) is 0. The van der Waals surface area contributed by atoms with Crippen molar-refractivity contribution in [1.82, 2.24) is 5.32 Å². The SMILES string of the molecule is Cc1ccc(NCC(=O)NCC#N)cc1N(C)C. The summed E-state index contributed by atoms with van der Waals surface area (Å²) < 4.78 is 0. The second kappa shape index (κ2) is 6.50. The smallest absolute Gasteiger partial charge is 0.240 e. The van der Waals surface area contributed by atoms with Gasteiger partial charge in [0.15, 0.2) is 0 Å². The van der Waals surface area contributed by atoms with Crippen LogP contribution in [0.15, 0.2) is 18.2 Å². The Morgan fingerprint density at radius 2 is 2.17 bits per heavy atom. The van der Waals surface area contributed by atoms with Gasteiger partial charge in [-0.25, -0.2) is 0 Å². The van der Waals surface area contributed by atoms with Crippen LogP contribution in [0.5, 0.6) is 0 Å². The average Bonchev–Trinajstić information content (AvgIpc) is 2.35. The number of nitrogens with zero attached hydrogens (tertiary/aromatic N) is 2. The van der Waals surface area contributed by atoms with E-state index < -0.39 is 0 Å². The van der Waals surface area contributed by atoms with E-state index in [2.05, 4.69) is 10.6 Å². The Kier molecular flexibility index (Phi) is 5.00. The summed E-state index contributed by atoms with van der Waals surface area (Å²) >= 11 is 0. The summed E-state index contributed by atoms with van der Waals surface area (Å²) in [6, 6.07) is 7.79. The van der Waals surface area contributed by atoms with Crippen LogP contribution >= 0.6 is 0 Å². The molecule has 0 aliphatic heterocycles. The molecule has 96 valence electrons. The van der Waals surface area contributed by atoms with Gasteiger partial charge in [-0.05, 0) is 24.6 Å². The van der Waals surface area contributed by atoms with E-state index in [0.29, 0.717) is 0 Å². The van der Waals surface area contributed by atoms with Gasteiger partial charge >= 0.3 is 0 Å². The molecule has 0 saturated heterocycles. The van der Waals surface area contributed by atoms with E-state index >= 15 is 0 Å². The lowest BCUT2D eigenvalue weighted by molar-refractivity contribution is -0.119. The van der Waals surface area contributed by atoms with Gasteiger partial charge in [-0.15, -0.1) is 0 Å². The van der Waals surface area contributed by atoms with Gasteiger partial charge in [-0.1, -0.05) is 6.07 Å². The van der Waals surface area contributed by atoms with Crippen molar-refractivity contribution in [2.45, 2.75) is 6.92 Å². The molecule has 0 aliphatic rings. The number of nitriles is 1. The number of carbonyl (C=O) groups excluding carboxylic acids is 1. The van der Waals surface area contributed by atoms with Gasteiger partial charge in [0.05, 0.1) is 12.6 Å². The van der Waals surface area contributed by atoms with E-state index in [1.54, 1.807) is 0 Å². The third-order valence-corrected chi connectivity index (χ3v) is 2.51. The fraction of sp³-hybridized carbons (Fsp3) is 0.385. The Balaban J connectivity index is 2.61. The predicted molar refractivity (Wildman–Crippen MR) is 72.6 cm³/mol. The zero-order chi connectivity index (χ0) is 13.5. The quantitative estimate of drug-likeness (QED) is 0.764. The van der Waals surface area contributed by atoms with Crippen molar-refractivity contribution in [3.05, 3.63) is 23.8 Å². The molecule has 0 heterocycles. The first kappa shape index (κ1) is 13.8. The van der Waals surface area contributed by atoms with Gasteiger partial charge in [0.25, 0.3) is 0 Å². The van der Waals surface area contributed by atoms with Gasteiger partial charge in [-0.3, -0.25) is 4.79 Å². The molecule has 5 heteroatoms. The van der Waals surface area contributed by atoms with Crippen LogP contribution < -0.4 is 15.5 Å². The second-order valence-electron chi connectivity index (χ2n) is 4.18. The monoisotopic (exact) mass is 246 g/mol. The number of hydrogen-bond donors (Lipinski definition) is 2. The minimum Gasteiger partial charge on any atom is -0.377 e. The lowest BCUT2D eigenvalue weighted by Gasteiger charge is -2.17. The van der Waals surface area contributed by atoms with Gasteiger partial charge in [-0.2, -0.15) is 5.26 Å². The number of anilines is 2. The number of carbonyl (C=O) groups is 1. The van der Waals surface area contributed by atoms with E-state index in [9.17, 15) is 4.79 Å². The Labute approximate surface area is 107 Å². The van der Waals surface area contributed by atoms with Crippen LogP contribution in [0, 0.1) is 18.3 Å². The van der Waals surface area contributed by atoms with Crippen LogP contribution in [0.4, 0.5) is 11.4 Å². The average molecular weight is 246 g/mol. The van der Waals surface area contributed by atoms with Crippen molar-refractivity contribution in [2.75, 3.05) is 37.4 Å². The van der Waals surface area contributed by atoms with Crippen LogP contribution in [-0.2, 0) is 4.79 Å². The molecular formula is C13H18N4O. The van der Waals surface area contributed by atoms with Gasteiger partial charge in [0, 0.05) is 25.5 Å². The minimum absolute atomic E-state index is 0.0390. The highest BCUT2D eigenvalue weighted by Crippen LogP contribution is 2.22. The second-order valence-corrected chi connectivity index (χ2v) is 4.18. The molecule has 0 fully saturated rings. The van der Waals surface area contributed by atoms with Crippen molar-refractivity contribution in [3.8, 4) is 6.07 Å². The van der Waals surface area contributed by atoms with Crippen molar-refractivity contribution in [2.24, 2.45) is 0 Å². The summed E-state index contributed by atoms with van der Waals surface area (Å²) in [7, 11) is 3.96. The molecule has 1 aromatic rings. The van der Waals surface area contributed by atoms with Crippen LogP contribution in [0.2, 0.25) is 0 Å². The zero-order valence-electron chi connectivity index (χ0n) is 10.9. The molecular weight excluding hydrogens is 228 g/mol.